The molecule has 0 fully saturated rings. The molecule has 0 N–H and O–H groups in total. The third-order valence-corrected chi connectivity index (χ3v) is 9.30. The number of hydrogen-bond acceptors (Lipinski definition) is 0. The quantitative estimate of drug-likeness (QED) is 0.366. The molecular formula is C22H21LiSi. The van der Waals surface area contributed by atoms with E-state index in [4.69, 9.17) is 0 Å². The summed E-state index contributed by atoms with van der Waals surface area (Å²) in [6.45, 7) is 8.28. The van der Waals surface area contributed by atoms with E-state index >= 15 is 0 Å². The van der Waals surface area contributed by atoms with Crippen molar-refractivity contribution < 1.29 is 18.9 Å². The van der Waals surface area contributed by atoms with Crippen molar-refractivity contribution in [2.75, 3.05) is 0 Å². The predicted molar refractivity (Wildman–Crippen MR) is 103 cm³/mol. The maximum atomic E-state index is 4.14. The van der Waals surface area contributed by atoms with Crippen LogP contribution in [0.1, 0.15) is 0 Å². The predicted octanol–water partition coefficient (Wildman–Crippen LogP) is 0.551. The summed E-state index contributed by atoms with van der Waals surface area (Å²) in [4.78, 5) is 0. The Morgan fingerprint density at radius 3 is 1.21 bits per heavy atom. The van der Waals surface area contributed by atoms with Gasteiger partial charge < -0.3 is 0 Å². The molecule has 2 heteroatoms. The van der Waals surface area contributed by atoms with Crippen molar-refractivity contribution in [1.82, 2.24) is 0 Å². The molecule has 0 aliphatic heterocycles. The first-order valence-corrected chi connectivity index (χ1v) is 10.1. The molecule has 0 aromatic heterocycles. The van der Waals surface area contributed by atoms with Crippen LogP contribution in [0.4, 0.5) is 0 Å². The Labute approximate surface area is 158 Å². The van der Waals surface area contributed by atoms with Crippen LogP contribution in [-0.2, 0) is 0 Å². The Bertz CT molecular complexity index is 670. The molecule has 0 nitrogen and oxygen atoms in total. The Morgan fingerprint density at radius 1 is 0.667 bits per heavy atom. The molecule has 0 saturated heterocycles. The Balaban J connectivity index is 0.00000208. The van der Waals surface area contributed by atoms with Crippen LogP contribution in [0.3, 0.4) is 0 Å². The maximum absolute atomic E-state index is 4.14. The van der Waals surface area contributed by atoms with E-state index in [9.17, 15) is 0 Å². The number of benzene rings is 3. The molecule has 3 rings (SSSR count). The standard InChI is InChI=1S/C22H21Si.Li/c1-19(2)18-23(20-12-6-3-7-13-20,21-14-8-4-9-15-21)22-16-10-5-11-17-22;/h3-17H,1-2,18H2;/q-1;+1. The summed E-state index contributed by atoms with van der Waals surface area (Å²) in [5.41, 5.74) is 0.994. The van der Waals surface area contributed by atoms with Crippen LogP contribution in [0, 0.1) is 6.92 Å². The van der Waals surface area contributed by atoms with Crippen molar-refractivity contribution in [2.45, 2.75) is 6.04 Å². The third-order valence-electron chi connectivity index (χ3n) is 4.31. The number of rotatable bonds is 5. The molecule has 0 aliphatic carbocycles. The van der Waals surface area contributed by atoms with Gasteiger partial charge in [-0.25, -0.2) is 19.1 Å². The van der Waals surface area contributed by atoms with E-state index in [1.54, 1.807) is 0 Å². The molecule has 0 saturated carbocycles. The second kappa shape index (κ2) is 8.26. The van der Waals surface area contributed by atoms with Gasteiger partial charge in [-0.05, 0) is 15.6 Å². The third kappa shape index (κ3) is 3.60. The fourth-order valence-corrected chi connectivity index (χ4v) is 8.00. The molecule has 24 heavy (non-hydrogen) atoms. The molecule has 3 aromatic rings. The summed E-state index contributed by atoms with van der Waals surface area (Å²) in [5, 5.41) is 4.21. The van der Waals surface area contributed by atoms with E-state index < -0.39 is 8.07 Å². The molecule has 0 atom stereocenters. The van der Waals surface area contributed by atoms with Crippen molar-refractivity contribution in [3.05, 3.63) is 110 Å². The molecule has 0 spiro atoms. The average molecular weight is 320 g/mol. The van der Waals surface area contributed by atoms with E-state index in [1.165, 1.54) is 15.6 Å². The molecule has 3 aromatic carbocycles. The van der Waals surface area contributed by atoms with Crippen LogP contribution >= 0.6 is 0 Å². The zero-order chi connectivity index (χ0) is 16.1. The first kappa shape index (κ1) is 18.4. The van der Waals surface area contributed by atoms with Gasteiger partial charge >= 0.3 is 18.9 Å². The number of hydrogen-bond donors (Lipinski definition) is 0. The van der Waals surface area contributed by atoms with Crippen molar-refractivity contribution in [1.29, 1.82) is 0 Å². The summed E-state index contributed by atoms with van der Waals surface area (Å²) in [6.07, 6.45) is 0. The van der Waals surface area contributed by atoms with Crippen molar-refractivity contribution >= 4 is 23.6 Å². The molecule has 114 valence electrons. The minimum Gasteiger partial charge on any atom is -0.242 e. The molecule has 0 bridgehead atoms. The van der Waals surface area contributed by atoms with Crippen LogP contribution in [0.15, 0.2) is 103 Å². The summed E-state index contributed by atoms with van der Waals surface area (Å²) in [6, 6.07) is 33.5. The largest absolute Gasteiger partial charge is 1.00 e. The van der Waals surface area contributed by atoms with E-state index in [2.05, 4.69) is 104 Å². The SMILES string of the molecule is C=C([CH2-])C[Si](c1ccccc1)(c1ccccc1)c1ccccc1.[Li+]. The average Bonchev–Trinajstić information content (AvgIpc) is 2.62. The summed E-state index contributed by atoms with van der Waals surface area (Å²) in [5.74, 6) is 0. The first-order valence-electron chi connectivity index (χ1n) is 7.90. The van der Waals surface area contributed by atoms with Crippen LogP contribution < -0.4 is 34.4 Å². The Kier molecular flexibility index (Phi) is 6.34. The summed E-state index contributed by atoms with van der Waals surface area (Å²) >= 11 is 0. The first-order chi connectivity index (χ1) is 11.2. The van der Waals surface area contributed by atoms with Crippen molar-refractivity contribution in [2.24, 2.45) is 0 Å². The Hall–Kier alpha value is -1.92. The second-order valence-electron chi connectivity index (χ2n) is 5.93. The summed E-state index contributed by atoms with van der Waals surface area (Å²) < 4.78 is 0. The minimum absolute atomic E-state index is 0. The summed E-state index contributed by atoms with van der Waals surface area (Å²) in [7, 11) is -2.15. The van der Waals surface area contributed by atoms with E-state index in [0.717, 1.165) is 11.6 Å². The van der Waals surface area contributed by atoms with Crippen LogP contribution in [0.2, 0.25) is 6.04 Å². The maximum Gasteiger partial charge on any atom is 1.00 e. The van der Waals surface area contributed by atoms with Gasteiger partial charge in [-0.3, -0.25) is 0 Å². The molecule has 0 radical (unpaired) electrons. The second-order valence-corrected chi connectivity index (χ2v) is 9.83. The van der Waals surface area contributed by atoms with Crippen molar-refractivity contribution in [3.63, 3.8) is 0 Å². The van der Waals surface area contributed by atoms with Gasteiger partial charge in [0.25, 0.3) is 0 Å². The van der Waals surface area contributed by atoms with Gasteiger partial charge in [-0.1, -0.05) is 97.0 Å². The zero-order valence-corrected chi connectivity index (χ0v) is 15.3. The molecule has 0 heterocycles. The fourth-order valence-electron chi connectivity index (χ4n) is 3.35. The van der Waals surface area contributed by atoms with Gasteiger partial charge in [0.15, 0.2) is 0 Å². The van der Waals surface area contributed by atoms with Gasteiger partial charge in [0, 0.05) is 0 Å². The van der Waals surface area contributed by atoms with E-state index in [0.29, 0.717) is 0 Å². The van der Waals surface area contributed by atoms with E-state index in [-0.39, 0.29) is 18.9 Å². The van der Waals surface area contributed by atoms with Crippen LogP contribution in [0.25, 0.3) is 0 Å². The van der Waals surface area contributed by atoms with Gasteiger partial charge in [-0.15, -0.1) is 0 Å². The monoisotopic (exact) mass is 320 g/mol. The van der Waals surface area contributed by atoms with E-state index in [1.807, 2.05) is 0 Å². The molecule has 0 amide bonds. The Morgan fingerprint density at radius 2 is 0.958 bits per heavy atom. The number of allylic oxidation sites excluding steroid dienone is 1. The minimum atomic E-state index is -2.15. The molecule has 0 aliphatic rings. The normalized spacial score (nSPS) is 10.7. The van der Waals surface area contributed by atoms with Gasteiger partial charge in [-0.2, -0.15) is 0 Å². The molecular weight excluding hydrogens is 299 g/mol. The topological polar surface area (TPSA) is 0 Å². The van der Waals surface area contributed by atoms with Crippen molar-refractivity contribution in [3.8, 4) is 0 Å². The van der Waals surface area contributed by atoms with Gasteiger partial charge in [0.2, 0.25) is 0 Å². The van der Waals surface area contributed by atoms with Gasteiger partial charge in [0.1, 0.15) is 8.07 Å². The smallest absolute Gasteiger partial charge is 0.242 e. The zero-order valence-electron chi connectivity index (χ0n) is 14.3. The fraction of sp³-hybridized carbons (Fsp3) is 0.0455. The van der Waals surface area contributed by atoms with Crippen LogP contribution in [-0.4, -0.2) is 8.07 Å². The van der Waals surface area contributed by atoms with Crippen LogP contribution in [0.5, 0.6) is 0 Å². The molecule has 0 unspecified atom stereocenters. The van der Waals surface area contributed by atoms with Gasteiger partial charge in [0.05, 0.1) is 0 Å².